The van der Waals surface area contributed by atoms with Crippen LogP contribution in [-0.2, 0) is 6.61 Å². The van der Waals surface area contributed by atoms with Crippen molar-refractivity contribution in [2.24, 2.45) is 0 Å². The molecule has 0 aliphatic rings. The first-order valence-corrected chi connectivity index (χ1v) is 9.90. The fourth-order valence-electron chi connectivity index (χ4n) is 3.10. The zero-order valence-electron chi connectivity index (χ0n) is 14.8. The lowest BCUT2D eigenvalue weighted by Gasteiger charge is -2.15. The Morgan fingerprint density at radius 3 is 2.46 bits per heavy atom. The molecule has 1 N–H and O–H groups in total. The molecule has 0 saturated heterocycles. The fourth-order valence-corrected chi connectivity index (χ4v) is 4.93. The molecule has 0 atom stereocenters. The van der Waals surface area contributed by atoms with E-state index in [0.717, 1.165) is 32.4 Å². The van der Waals surface area contributed by atoms with Crippen LogP contribution in [0.25, 0.3) is 5.69 Å². The van der Waals surface area contributed by atoms with E-state index in [9.17, 15) is 5.11 Å². The number of aliphatic hydroxyl groups is 1. The Kier molecular flexibility index (Phi) is 5.98. The van der Waals surface area contributed by atoms with Gasteiger partial charge < -0.3 is 9.67 Å². The van der Waals surface area contributed by atoms with Crippen molar-refractivity contribution >= 4 is 35.0 Å². The van der Waals surface area contributed by atoms with Crippen LogP contribution in [0.1, 0.15) is 36.6 Å². The number of hydrogen-bond donors (Lipinski definition) is 1. The molecule has 3 rings (SSSR count). The molecule has 0 unspecified atom stereocenters. The van der Waals surface area contributed by atoms with E-state index in [0.29, 0.717) is 10.0 Å². The number of pyridine rings is 1. The predicted octanol–water partition coefficient (Wildman–Crippen LogP) is 6.25. The quantitative estimate of drug-likeness (QED) is 0.543. The number of aromatic nitrogens is 2. The van der Waals surface area contributed by atoms with Gasteiger partial charge in [0.15, 0.2) is 0 Å². The van der Waals surface area contributed by atoms with Crippen LogP contribution in [0.3, 0.4) is 0 Å². The summed E-state index contributed by atoms with van der Waals surface area (Å²) in [7, 11) is 0. The third-order valence-corrected chi connectivity index (χ3v) is 6.40. The summed E-state index contributed by atoms with van der Waals surface area (Å²) in [5, 5.41) is 12.1. The van der Waals surface area contributed by atoms with Crippen molar-refractivity contribution < 1.29 is 5.11 Å². The summed E-state index contributed by atoms with van der Waals surface area (Å²) < 4.78 is 2.16. The van der Waals surface area contributed by atoms with Crippen LogP contribution in [0, 0.1) is 6.92 Å². The summed E-state index contributed by atoms with van der Waals surface area (Å²) in [6, 6.07) is 9.55. The van der Waals surface area contributed by atoms with Crippen molar-refractivity contribution in [3.63, 3.8) is 0 Å². The lowest BCUT2D eigenvalue weighted by atomic mass is 10.0. The van der Waals surface area contributed by atoms with Crippen molar-refractivity contribution in [2.45, 2.75) is 43.2 Å². The molecule has 2 heterocycles. The van der Waals surface area contributed by atoms with E-state index < -0.39 is 0 Å². The zero-order chi connectivity index (χ0) is 18.8. The molecular formula is C20H20Cl2N2OS. The Morgan fingerprint density at radius 2 is 1.85 bits per heavy atom. The zero-order valence-corrected chi connectivity index (χ0v) is 17.2. The molecule has 26 heavy (non-hydrogen) atoms. The van der Waals surface area contributed by atoms with Crippen LogP contribution in [0.4, 0.5) is 0 Å². The number of halogens is 2. The molecule has 3 nitrogen and oxygen atoms in total. The Morgan fingerprint density at radius 1 is 1.15 bits per heavy atom. The third kappa shape index (κ3) is 3.52. The van der Waals surface area contributed by atoms with E-state index in [1.165, 1.54) is 0 Å². The molecule has 0 aliphatic carbocycles. The third-order valence-electron chi connectivity index (χ3n) is 4.31. The number of aliphatic hydroxyl groups excluding tert-OH is 1. The molecule has 0 radical (unpaired) electrons. The standard InChI is InChI=1S/C20H20Cl2N2OS/c1-12(2)18-15(11-25)13(3)24(14-7-9-23-10-8-14)20(18)26-17-6-4-5-16(21)19(17)22/h4-10,12,25H,11H2,1-3H3. The van der Waals surface area contributed by atoms with Gasteiger partial charge in [0.2, 0.25) is 0 Å². The van der Waals surface area contributed by atoms with Gasteiger partial charge >= 0.3 is 0 Å². The van der Waals surface area contributed by atoms with E-state index in [4.69, 9.17) is 23.2 Å². The Labute approximate surface area is 168 Å². The minimum absolute atomic E-state index is 0.00569. The molecule has 0 bridgehead atoms. The van der Waals surface area contributed by atoms with Gasteiger partial charge in [-0.05, 0) is 42.7 Å². The van der Waals surface area contributed by atoms with Crippen molar-refractivity contribution in [1.82, 2.24) is 9.55 Å². The van der Waals surface area contributed by atoms with Gasteiger partial charge in [-0.15, -0.1) is 0 Å². The van der Waals surface area contributed by atoms with Gasteiger partial charge in [0.25, 0.3) is 0 Å². The number of rotatable bonds is 5. The van der Waals surface area contributed by atoms with E-state index in [-0.39, 0.29) is 12.5 Å². The number of benzene rings is 1. The Bertz CT molecular complexity index is 923. The first-order chi connectivity index (χ1) is 12.5. The summed E-state index contributed by atoms with van der Waals surface area (Å²) in [4.78, 5) is 5.00. The molecule has 6 heteroatoms. The lowest BCUT2D eigenvalue weighted by molar-refractivity contribution is 0.279. The van der Waals surface area contributed by atoms with Gasteiger partial charge in [0.1, 0.15) is 0 Å². The van der Waals surface area contributed by atoms with Crippen LogP contribution in [0.2, 0.25) is 10.0 Å². The van der Waals surface area contributed by atoms with E-state index in [1.807, 2.05) is 31.2 Å². The van der Waals surface area contributed by atoms with Crippen molar-refractivity contribution in [3.05, 3.63) is 69.6 Å². The van der Waals surface area contributed by atoms with E-state index in [1.54, 1.807) is 30.2 Å². The van der Waals surface area contributed by atoms with Crippen LogP contribution >= 0.6 is 35.0 Å². The van der Waals surface area contributed by atoms with Gasteiger partial charge in [-0.1, -0.05) is 54.9 Å². The highest BCUT2D eigenvalue weighted by molar-refractivity contribution is 7.99. The van der Waals surface area contributed by atoms with Gasteiger partial charge in [-0.2, -0.15) is 0 Å². The largest absolute Gasteiger partial charge is 0.392 e. The second-order valence-corrected chi connectivity index (χ2v) is 8.11. The summed E-state index contributed by atoms with van der Waals surface area (Å²) in [6.45, 7) is 6.29. The maximum absolute atomic E-state index is 10.0. The maximum Gasteiger partial charge on any atom is 0.0884 e. The molecular weight excluding hydrogens is 387 g/mol. The molecule has 0 aliphatic heterocycles. The number of hydrogen-bond acceptors (Lipinski definition) is 3. The highest BCUT2D eigenvalue weighted by Crippen LogP contribution is 2.44. The normalized spacial score (nSPS) is 11.3. The second-order valence-electron chi connectivity index (χ2n) is 6.29. The van der Waals surface area contributed by atoms with Gasteiger partial charge in [-0.25, -0.2) is 0 Å². The maximum atomic E-state index is 10.0. The molecule has 2 aromatic heterocycles. The van der Waals surface area contributed by atoms with E-state index in [2.05, 4.69) is 23.4 Å². The highest BCUT2D eigenvalue weighted by Gasteiger charge is 2.24. The molecule has 0 fully saturated rings. The van der Waals surface area contributed by atoms with Crippen molar-refractivity contribution in [3.8, 4) is 5.69 Å². The van der Waals surface area contributed by atoms with E-state index >= 15 is 0 Å². The Hall–Kier alpha value is -1.46. The lowest BCUT2D eigenvalue weighted by Crippen LogP contribution is -2.00. The van der Waals surface area contributed by atoms with Crippen LogP contribution in [0.5, 0.6) is 0 Å². The average Bonchev–Trinajstić information content (AvgIpc) is 2.91. The summed E-state index contributed by atoms with van der Waals surface area (Å²) in [5.41, 5.74) is 4.10. The first kappa shape index (κ1) is 19.3. The highest BCUT2D eigenvalue weighted by atomic mass is 35.5. The second kappa shape index (κ2) is 8.05. The predicted molar refractivity (Wildman–Crippen MR) is 109 cm³/mol. The van der Waals surface area contributed by atoms with Crippen molar-refractivity contribution in [2.75, 3.05) is 0 Å². The molecule has 136 valence electrons. The summed E-state index contributed by atoms with van der Waals surface area (Å²) >= 11 is 14.2. The summed E-state index contributed by atoms with van der Waals surface area (Å²) in [6.07, 6.45) is 3.53. The molecule has 3 aromatic rings. The van der Waals surface area contributed by atoms with Crippen LogP contribution in [-0.4, -0.2) is 14.7 Å². The molecule has 1 aromatic carbocycles. The molecule has 0 spiro atoms. The number of nitrogens with zero attached hydrogens (tertiary/aromatic N) is 2. The molecule has 0 amide bonds. The average molecular weight is 407 g/mol. The van der Waals surface area contributed by atoms with Gasteiger partial charge in [0.05, 0.1) is 21.7 Å². The smallest absolute Gasteiger partial charge is 0.0884 e. The first-order valence-electron chi connectivity index (χ1n) is 8.32. The minimum atomic E-state index is -0.00569. The minimum Gasteiger partial charge on any atom is -0.392 e. The summed E-state index contributed by atoms with van der Waals surface area (Å²) in [5.74, 6) is 0.249. The fraction of sp³-hybridized carbons (Fsp3) is 0.250. The topological polar surface area (TPSA) is 38.0 Å². The molecule has 0 saturated carbocycles. The van der Waals surface area contributed by atoms with Gasteiger partial charge in [0, 0.05) is 34.2 Å². The van der Waals surface area contributed by atoms with Crippen LogP contribution < -0.4 is 0 Å². The van der Waals surface area contributed by atoms with Crippen LogP contribution in [0.15, 0.2) is 52.6 Å². The monoisotopic (exact) mass is 406 g/mol. The SMILES string of the molecule is Cc1c(CO)c(C(C)C)c(Sc2cccc(Cl)c2Cl)n1-c1ccncc1. The van der Waals surface area contributed by atoms with Gasteiger partial charge in [-0.3, -0.25) is 4.98 Å². The Balaban J connectivity index is 2.26. The van der Waals surface area contributed by atoms with Crippen molar-refractivity contribution in [1.29, 1.82) is 0 Å².